The Morgan fingerprint density at radius 2 is 1.71 bits per heavy atom. The van der Waals surface area contributed by atoms with Crippen LogP contribution in [0.2, 0.25) is 0 Å². The van der Waals surface area contributed by atoms with Gasteiger partial charge in [0.25, 0.3) is 0 Å². The van der Waals surface area contributed by atoms with Crippen molar-refractivity contribution in [3.63, 3.8) is 0 Å². The monoisotopic (exact) mass is 368 g/mol. The van der Waals surface area contributed by atoms with E-state index in [-0.39, 0.29) is 69.6 Å². The number of rotatable bonds is 11. The van der Waals surface area contributed by atoms with Crippen molar-refractivity contribution in [2.75, 3.05) is 44.4 Å². The fourth-order valence-corrected chi connectivity index (χ4v) is 3.59. The van der Waals surface area contributed by atoms with Gasteiger partial charge in [-0.3, -0.25) is 0 Å². The SMILES string of the molecule is O=S(=O)([O-])CCCCN(CCO)CCCN1CS1(=O)=O.[K+]. The minimum absolute atomic E-state index is 0. The zero-order chi connectivity index (χ0) is 15.2. The molecule has 0 amide bonds. The molecule has 1 aliphatic rings. The maximum atomic E-state index is 11.0. The van der Waals surface area contributed by atoms with E-state index < -0.39 is 20.1 Å². The van der Waals surface area contributed by atoms with Crippen molar-refractivity contribution >= 4 is 20.1 Å². The molecule has 1 N–H and O–H groups in total. The van der Waals surface area contributed by atoms with E-state index >= 15 is 0 Å². The molecule has 120 valence electrons. The van der Waals surface area contributed by atoms with Crippen molar-refractivity contribution in [3.8, 4) is 0 Å². The summed E-state index contributed by atoms with van der Waals surface area (Å²) in [6.45, 7) is 2.14. The zero-order valence-corrected chi connectivity index (χ0v) is 17.0. The number of aliphatic hydroxyl groups is 1. The largest absolute Gasteiger partial charge is 1.00 e. The van der Waals surface area contributed by atoms with Crippen LogP contribution in [0.4, 0.5) is 0 Å². The van der Waals surface area contributed by atoms with Crippen LogP contribution in [0.15, 0.2) is 0 Å². The van der Waals surface area contributed by atoms with E-state index in [4.69, 9.17) is 5.11 Å². The first kappa shape index (κ1) is 22.4. The number of nitrogens with zero attached hydrogens (tertiary/aromatic N) is 2. The van der Waals surface area contributed by atoms with Crippen LogP contribution in [0.5, 0.6) is 0 Å². The van der Waals surface area contributed by atoms with E-state index in [1.807, 2.05) is 4.90 Å². The fraction of sp³-hybridized carbons (Fsp3) is 1.00. The summed E-state index contributed by atoms with van der Waals surface area (Å²) in [6.07, 6.45) is 1.52. The Balaban J connectivity index is 0.00000400. The molecule has 11 heteroatoms. The van der Waals surface area contributed by atoms with E-state index in [9.17, 15) is 21.4 Å². The Morgan fingerprint density at radius 1 is 1.14 bits per heavy atom. The second kappa shape index (κ2) is 10.3. The molecule has 0 saturated carbocycles. The molecule has 1 aliphatic heterocycles. The van der Waals surface area contributed by atoms with Gasteiger partial charge >= 0.3 is 51.4 Å². The molecule has 1 saturated heterocycles. The third-order valence-corrected chi connectivity index (χ3v) is 5.27. The molecule has 0 spiro atoms. The maximum absolute atomic E-state index is 11.0. The Morgan fingerprint density at radius 3 is 2.19 bits per heavy atom. The summed E-state index contributed by atoms with van der Waals surface area (Å²) in [7, 11) is -7.10. The molecule has 0 aromatic carbocycles. The molecule has 0 bridgehead atoms. The molecular formula is C10H21KN2O6S2. The summed E-state index contributed by atoms with van der Waals surface area (Å²) in [5, 5.41) is 8.93. The first-order valence-corrected chi connectivity index (χ1v) is 9.68. The summed E-state index contributed by atoms with van der Waals surface area (Å²) in [6, 6.07) is 0. The van der Waals surface area contributed by atoms with Crippen LogP contribution < -0.4 is 51.4 Å². The van der Waals surface area contributed by atoms with Gasteiger partial charge in [-0.15, -0.1) is 0 Å². The molecule has 21 heavy (non-hydrogen) atoms. The smallest absolute Gasteiger partial charge is 0.748 e. The molecule has 0 aliphatic carbocycles. The minimum atomic E-state index is -4.16. The summed E-state index contributed by atoms with van der Waals surface area (Å²) < 4.78 is 54.7. The normalized spacial score (nSPS) is 20.2. The minimum Gasteiger partial charge on any atom is -0.748 e. The summed E-state index contributed by atoms with van der Waals surface area (Å²) in [5.41, 5.74) is 0. The van der Waals surface area contributed by atoms with Crippen molar-refractivity contribution in [1.82, 2.24) is 9.21 Å². The second-order valence-electron chi connectivity index (χ2n) is 4.80. The summed E-state index contributed by atoms with van der Waals surface area (Å²) in [5.74, 6) is -0.250. The van der Waals surface area contributed by atoms with Gasteiger partial charge in [0.1, 0.15) is 5.88 Å². The average molecular weight is 369 g/mol. The van der Waals surface area contributed by atoms with Crippen molar-refractivity contribution in [3.05, 3.63) is 0 Å². The topological polar surface area (TPSA) is 118 Å². The van der Waals surface area contributed by atoms with Gasteiger partial charge in [-0.05, 0) is 32.4 Å². The quantitative estimate of drug-likeness (QED) is 0.169. The standard InChI is InChI=1S/C10H22N2O6S2.K/c13-8-7-11(4-1-2-9-20(16,17)18)5-3-6-12-10-19(12,14)15;/h13H,1-10H2,(H,16,17,18);/q;+1/p-1. The maximum Gasteiger partial charge on any atom is 1.00 e. The van der Waals surface area contributed by atoms with Gasteiger partial charge in [0.15, 0.2) is 0 Å². The van der Waals surface area contributed by atoms with Gasteiger partial charge in [-0.2, -0.15) is 4.31 Å². The third-order valence-electron chi connectivity index (χ3n) is 3.04. The molecule has 1 rings (SSSR count). The zero-order valence-electron chi connectivity index (χ0n) is 12.3. The number of hydrogen-bond donors (Lipinski definition) is 1. The van der Waals surface area contributed by atoms with Crippen molar-refractivity contribution in [2.24, 2.45) is 0 Å². The molecule has 1 fully saturated rings. The van der Waals surface area contributed by atoms with Crippen LogP contribution in [-0.2, 0) is 20.1 Å². The predicted molar refractivity (Wildman–Crippen MR) is 72.4 cm³/mol. The first-order chi connectivity index (χ1) is 9.24. The van der Waals surface area contributed by atoms with Gasteiger partial charge in [-0.25, -0.2) is 16.8 Å². The molecule has 1 atom stereocenters. The predicted octanol–water partition coefficient (Wildman–Crippen LogP) is -4.40. The van der Waals surface area contributed by atoms with Gasteiger partial charge < -0.3 is 14.6 Å². The van der Waals surface area contributed by atoms with Crippen LogP contribution in [0, 0.1) is 0 Å². The number of aliphatic hydroxyl groups excluding tert-OH is 1. The first-order valence-electron chi connectivity index (χ1n) is 6.49. The van der Waals surface area contributed by atoms with Crippen LogP contribution in [-0.4, -0.2) is 80.1 Å². The van der Waals surface area contributed by atoms with Gasteiger partial charge in [0.2, 0.25) is 10.0 Å². The van der Waals surface area contributed by atoms with Gasteiger partial charge in [-0.1, -0.05) is 0 Å². The number of unbranched alkanes of at least 4 members (excludes halogenated alkanes) is 1. The van der Waals surface area contributed by atoms with Crippen LogP contribution >= 0.6 is 0 Å². The molecule has 0 aromatic heterocycles. The summed E-state index contributed by atoms with van der Waals surface area (Å²) in [4.78, 5) is 1.94. The average Bonchev–Trinajstić information content (AvgIpc) is 2.91. The van der Waals surface area contributed by atoms with Crippen molar-refractivity contribution in [1.29, 1.82) is 0 Å². The molecule has 0 aromatic rings. The Bertz CT molecular complexity index is 496. The third kappa shape index (κ3) is 10.7. The van der Waals surface area contributed by atoms with E-state index in [2.05, 4.69) is 0 Å². The second-order valence-corrected chi connectivity index (χ2v) is 8.27. The van der Waals surface area contributed by atoms with Crippen molar-refractivity contribution < 1.29 is 77.9 Å². The number of sulfonamides is 1. The van der Waals surface area contributed by atoms with Gasteiger partial charge in [0.05, 0.1) is 16.7 Å². The van der Waals surface area contributed by atoms with E-state index in [1.165, 1.54) is 4.31 Å². The van der Waals surface area contributed by atoms with E-state index in [0.29, 0.717) is 45.4 Å². The molecular weight excluding hydrogens is 347 g/mol. The number of hydrogen-bond acceptors (Lipinski definition) is 7. The Kier molecular flexibility index (Phi) is 11.0. The Labute approximate surface area is 169 Å². The molecule has 0 radical (unpaired) electrons. The van der Waals surface area contributed by atoms with E-state index in [0.717, 1.165) is 0 Å². The molecule has 8 nitrogen and oxygen atoms in total. The van der Waals surface area contributed by atoms with E-state index in [1.54, 1.807) is 0 Å². The van der Waals surface area contributed by atoms with Crippen molar-refractivity contribution in [2.45, 2.75) is 19.3 Å². The van der Waals surface area contributed by atoms with Crippen LogP contribution in [0.25, 0.3) is 0 Å². The molecule has 1 heterocycles. The summed E-state index contributed by atoms with van der Waals surface area (Å²) >= 11 is 0. The fourth-order valence-electron chi connectivity index (χ4n) is 1.92. The molecule has 1 unspecified atom stereocenters. The van der Waals surface area contributed by atoms with Crippen LogP contribution in [0.3, 0.4) is 0 Å². The van der Waals surface area contributed by atoms with Gasteiger partial charge in [0, 0.05) is 18.8 Å². The Hall–Kier alpha value is 1.38. The van der Waals surface area contributed by atoms with Crippen LogP contribution in [0.1, 0.15) is 19.3 Å².